The number of hydrogen-bond acceptors (Lipinski definition) is 3. The van der Waals surface area contributed by atoms with Crippen LogP contribution in [0, 0.1) is 0 Å². The standard InChI is InChI=1S/C12H15ClO3/c1-14-11-3-2-9(7-13)6-12(11)16-10-4-5-15-8-10/h2-3,6,10H,4-5,7-8H2,1H3. The molecule has 0 aromatic heterocycles. The first-order chi connectivity index (χ1) is 7.83. The van der Waals surface area contributed by atoms with Crippen LogP contribution in [0.5, 0.6) is 11.5 Å². The van der Waals surface area contributed by atoms with E-state index in [0.29, 0.717) is 12.5 Å². The highest BCUT2D eigenvalue weighted by Gasteiger charge is 2.19. The van der Waals surface area contributed by atoms with E-state index in [1.165, 1.54) is 0 Å². The Balaban J connectivity index is 2.15. The Labute approximate surface area is 100 Å². The van der Waals surface area contributed by atoms with Gasteiger partial charge in [-0.2, -0.15) is 0 Å². The molecule has 3 nitrogen and oxygen atoms in total. The molecular formula is C12H15ClO3. The number of hydrogen-bond donors (Lipinski definition) is 0. The maximum absolute atomic E-state index is 5.83. The summed E-state index contributed by atoms with van der Waals surface area (Å²) in [5.74, 6) is 1.96. The molecule has 1 fully saturated rings. The molecule has 0 N–H and O–H groups in total. The molecular weight excluding hydrogens is 228 g/mol. The fourth-order valence-electron chi connectivity index (χ4n) is 1.68. The number of ether oxygens (including phenoxy) is 3. The minimum atomic E-state index is 0.125. The van der Waals surface area contributed by atoms with Gasteiger partial charge in [0.1, 0.15) is 6.10 Å². The molecule has 1 heterocycles. The summed E-state index contributed by atoms with van der Waals surface area (Å²) in [6.45, 7) is 1.41. The first-order valence-corrected chi connectivity index (χ1v) is 5.84. The van der Waals surface area contributed by atoms with Crippen molar-refractivity contribution in [2.45, 2.75) is 18.4 Å². The van der Waals surface area contributed by atoms with Crippen molar-refractivity contribution in [3.8, 4) is 11.5 Å². The first-order valence-electron chi connectivity index (χ1n) is 5.30. The highest BCUT2D eigenvalue weighted by Crippen LogP contribution is 2.30. The summed E-state index contributed by atoms with van der Waals surface area (Å²) in [6, 6.07) is 5.73. The van der Waals surface area contributed by atoms with Crippen LogP contribution in [0.1, 0.15) is 12.0 Å². The van der Waals surface area contributed by atoms with Crippen LogP contribution in [0.25, 0.3) is 0 Å². The summed E-state index contributed by atoms with van der Waals surface area (Å²) >= 11 is 5.79. The topological polar surface area (TPSA) is 27.7 Å². The fourth-order valence-corrected chi connectivity index (χ4v) is 1.85. The molecule has 1 aliphatic rings. The zero-order chi connectivity index (χ0) is 11.4. The van der Waals surface area contributed by atoms with Crippen LogP contribution in [0.2, 0.25) is 0 Å². The SMILES string of the molecule is COc1ccc(CCl)cc1OC1CCOC1. The number of rotatable bonds is 4. The molecule has 2 rings (SSSR count). The smallest absolute Gasteiger partial charge is 0.162 e. The van der Waals surface area contributed by atoms with Crippen molar-refractivity contribution in [3.05, 3.63) is 23.8 Å². The maximum atomic E-state index is 5.83. The molecule has 4 heteroatoms. The second-order valence-electron chi connectivity index (χ2n) is 3.72. The zero-order valence-corrected chi connectivity index (χ0v) is 10.00. The van der Waals surface area contributed by atoms with E-state index in [2.05, 4.69) is 0 Å². The van der Waals surface area contributed by atoms with Gasteiger partial charge in [-0.1, -0.05) is 6.07 Å². The molecule has 1 unspecified atom stereocenters. The van der Waals surface area contributed by atoms with Crippen LogP contribution < -0.4 is 9.47 Å². The molecule has 0 amide bonds. The van der Waals surface area contributed by atoms with Crippen LogP contribution in [0.4, 0.5) is 0 Å². The van der Waals surface area contributed by atoms with Crippen LogP contribution in [-0.2, 0) is 10.6 Å². The van der Waals surface area contributed by atoms with E-state index >= 15 is 0 Å². The van der Waals surface area contributed by atoms with Gasteiger partial charge in [0.15, 0.2) is 11.5 Å². The second-order valence-corrected chi connectivity index (χ2v) is 3.99. The minimum Gasteiger partial charge on any atom is -0.493 e. The van der Waals surface area contributed by atoms with Crippen molar-refractivity contribution in [1.82, 2.24) is 0 Å². The van der Waals surface area contributed by atoms with E-state index in [1.807, 2.05) is 18.2 Å². The predicted molar refractivity (Wildman–Crippen MR) is 62.4 cm³/mol. The second kappa shape index (κ2) is 5.41. The average Bonchev–Trinajstić information content (AvgIpc) is 2.82. The summed E-state index contributed by atoms with van der Waals surface area (Å²) < 4.78 is 16.3. The molecule has 0 bridgehead atoms. The Kier molecular flexibility index (Phi) is 3.91. The van der Waals surface area contributed by atoms with Crippen LogP contribution >= 0.6 is 11.6 Å². The monoisotopic (exact) mass is 242 g/mol. The lowest BCUT2D eigenvalue weighted by molar-refractivity contribution is 0.138. The van der Waals surface area contributed by atoms with E-state index in [1.54, 1.807) is 7.11 Å². The lowest BCUT2D eigenvalue weighted by atomic mass is 10.2. The zero-order valence-electron chi connectivity index (χ0n) is 9.24. The molecule has 1 aromatic rings. The van der Waals surface area contributed by atoms with Gasteiger partial charge in [-0.25, -0.2) is 0 Å². The summed E-state index contributed by atoms with van der Waals surface area (Å²) in [7, 11) is 1.63. The molecule has 0 spiro atoms. The van der Waals surface area contributed by atoms with Gasteiger partial charge in [0.2, 0.25) is 0 Å². The molecule has 0 aliphatic carbocycles. The number of benzene rings is 1. The Morgan fingerprint density at radius 2 is 2.31 bits per heavy atom. The normalized spacial score (nSPS) is 19.8. The third-order valence-corrected chi connectivity index (χ3v) is 2.87. The molecule has 1 saturated heterocycles. The van der Waals surface area contributed by atoms with Gasteiger partial charge in [-0.15, -0.1) is 11.6 Å². The van der Waals surface area contributed by atoms with Crippen LogP contribution in [0.3, 0.4) is 0 Å². The van der Waals surface area contributed by atoms with E-state index in [0.717, 1.165) is 30.1 Å². The van der Waals surface area contributed by atoms with Gasteiger partial charge in [0.05, 0.1) is 20.3 Å². The predicted octanol–water partition coefficient (Wildman–Crippen LogP) is 2.60. The maximum Gasteiger partial charge on any atom is 0.162 e. The number of halogens is 1. The van der Waals surface area contributed by atoms with E-state index < -0.39 is 0 Å². The third-order valence-electron chi connectivity index (χ3n) is 2.56. The third kappa shape index (κ3) is 2.60. The lowest BCUT2D eigenvalue weighted by Gasteiger charge is -2.15. The van der Waals surface area contributed by atoms with Gasteiger partial charge < -0.3 is 14.2 Å². The van der Waals surface area contributed by atoms with Crippen LogP contribution in [-0.4, -0.2) is 26.4 Å². The number of methoxy groups -OCH3 is 1. The average molecular weight is 243 g/mol. The molecule has 0 saturated carbocycles. The Morgan fingerprint density at radius 3 is 2.94 bits per heavy atom. The minimum absolute atomic E-state index is 0.125. The van der Waals surface area contributed by atoms with Gasteiger partial charge in [-0.3, -0.25) is 0 Å². The van der Waals surface area contributed by atoms with E-state index in [9.17, 15) is 0 Å². The molecule has 1 atom stereocenters. The lowest BCUT2D eigenvalue weighted by Crippen LogP contribution is -2.16. The highest BCUT2D eigenvalue weighted by molar-refractivity contribution is 6.17. The van der Waals surface area contributed by atoms with Crippen molar-refractivity contribution in [3.63, 3.8) is 0 Å². The highest BCUT2D eigenvalue weighted by atomic mass is 35.5. The van der Waals surface area contributed by atoms with Gasteiger partial charge in [-0.05, 0) is 17.7 Å². The van der Waals surface area contributed by atoms with Gasteiger partial charge in [0, 0.05) is 12.3 Å². The Hall–Kier alpha value is -0.930. The molecule has 0 radical (unpaired) electrons. The van der Waals surface area contributed by atoms with Crippen molar-refractivity contribution in [2.24, 2.45) is 0 Å². The fraction of sp³-hybridized carbons (Fsp3) is 0.500. The van der Waals surface area contributed by atoms with Crippen molar-refractivity contribution < 1.29 is 14.2 Å². The Bertz CT molecular complexity index is 348. The van der Waals surface area contributed by atoms with Crippen LogP contribution in [0.15, 0.2) is 18.2 Å². The first kappa shape index (κ1) is 11.6. The summed E-state index contributed by atoms with van der Waals surface area (Å²) in [5, 5.41) is 0. The molecule has 1 aromatic carbocycles. The van der Waals surface area contributed by atoms with E-state index in [-0.39, 0.29) is 6.10 Å². The Morgan fingerprint density at radius 1 is 1.44 bits per heavy atom. The quantitative estimate of drug-likeness (QED) is 0.760. The van der Waals surface area contributed by atoms with Gasteiger partial charge in [0.25, 0.3) is 0 Å². The molecule has 1 aliphatic heterocycles. The van der Waals surface area contributed by atoms with Crippen molar-refractivity contribution in [2.75, 3.05) is 20.3 Å². The van der Waals surface area contributed by atoms with Crippen molar-refractivity contribution >= 4 is 11.6 Å². The van der Waals surface area contributed by atoms with Crippen molar-refractivity contribution in [1.29, 1.82) is 0 Å². The summed E-state index contributed by atoms with van der Waals surface area (Å²) in [5.41, 5.74) is 1.02. The molecule has 16 heavy (non-hydrogen) atoms. The summed E-state index contributed by atoms with van der Waals surface area (Å²) in [4.78, 5) is 0. The van der Waals surface area contributed by atoms with E-state index in [4.69, 9.17) is 25.8 Å². The van der Waals surface area contributed by atoms with Gasteiger partial charge >= 0.3 is 0 Å². The number of alkyl halides is 1. The molecule has 88 valence electrons. The largest absolute Gasteiger partial charge is 0.493 e. The summed E-state index contributed by atoms with van der Waals surface area (Å²) in [6.07, 6.45) is 1.05.